The largest absolute Gasteiger partial charge is 0.393 e. The van der Waals surface area contributed by atoms with E-state index in [-0.39, 0.29) is 26.2 Å². The van der Waals surface area contributed by atoms with Crippen LogP contribution in [0.2, 0.25) is 0 Å². The summed E-state index contributed by atoms with van der Waals surface area (Å²) in [4.78, 5) is 12.9. The van der Waals surface area contributed by atoms with E-state index in [1.54, 1.807) is 4.90 Å². The van der Waals surface area contributed by atoms with Gasteiger partial charge in [0.1, 0.15) is 0 Å². The Morgan fingerprint density at radius 2 is 1.05 bits per heavy atom. The van der Waals surface area contributed by atoms with Crippen LogP contribution in [0.4, 0.5) is 70.2 Å². The third-order valence-electron chi connectivity index (χ3n) is 5.05. The third-order valence-corrected chi connectivity index (χ3v) is 5.28. The smallest absolute Gasteiger partial charge is 0.379 e. The summed E-state index contributed by atoms with van der Waals surface area (Å²) in [5.41, 5.74) is 0. The van der Waals surface area contributed by atoms with Crippen molar-refractivity contribution >= 4 is 17.5 Å². The van der Waals surface area contributed by atoms with Gasteiger partial charge >= 0.3 is 46.8 Å². The normalized spacial score (nSPS) is 18.2. The van der Waals surface area contributed by atoms with Crippen molar-refractivity contribution in [1.29, 1.82) is 0 Å². The number of nitrogens with one attached hydrogen (secondary N) is 1. The quantitative estimate of drug-likeness (QED) is 0.191. The molecule has 220 valence electrons. The first-order chi connectivity index (χ1) is 16.2. The summed E-state index contributed by atoms with van der Waals surface area (Å²) in [6.07, 6.45) is -0.327. The first-order valence-corrected chi connectivity index (χ1v) is 9.92. The molecule has 1 N–H and O–H groups in total. The maximum absolute atomic E-state index is 13.8. The molecule has 0 spiro atoms. The van der Waals surface area contributed by atoms with Crippen molar-refractivity contribution in [2.45, 2.75) is 53.3 Å². The SMILES string of the molecule is O=C(NCCCN1CCOCC1)C(F)(F)C(F)(F)C(F)(F)C(F)(F)C(F)(F)C(F)(F)C(F)(F)C(F)(F)Cl. The molecule has 1 amide bonds. The van der Waals surface area contributed by atoms with Gasteiger partial charge < -0.3 is 10.1 Å². The predicted molar refractivity (Wildman–Crippen MR) is 90.3 cm³/mol. The molecule has 0 aliphatic carbocycles. The molecule has 4 nitrogen and oxygen atoms in total. The van der Waals surface area contributed by atoms with E-state index in [9.17, 15) is 75.0 Å². The molecule has 1 rings (SSSR count). The molecule has 0 aromatic carbocycles. The van der Waals surface area contributed by atoms with Crippen LogP contribution in [0.5, 0.6) is 0 Å². The van der Waals surface area contributed by atoms with E-state index in [0.717, 1.165) is 5.32 Å². The molecule has 21 heteroatoms. The first-order valence-electron chi connectivity index (χ1n) is 9.55. The first kappa shape index (κ1) is 33.6. The Hall–Kier alpha value is -1.44. The lowest BCUT2D eigenvalue weighted by molar-refractivity contribution is -0.446. The molecule has 1 aliphatic rings. The Balaban J connectivity index is 3.21. The maximum atomic E-state index is 13.8. The molecular formula is C16H15ClF16N2O2. The number of hydrogen-bond acceptors (Lipinski definition) is 3. The van der Waals surface area contributed by atoms with Crippen LogP contribution in [-0.2, 0) is 9.53 Å². The number of halogens is 17. The van der Waals surface area contributed by atoms with E-state index in [2.05, 4.69) is 11.6 Å². The van der Waals surface area contributed by atoms with E-state index < -0.39 is 59.3 Å². The second kappa shape index (κ2) is 10.3. The van der Waals surface area contributed by atoms with E-state index in [0.29, 0.717) is 13.1 Å². The summed E-state index contributed by atoms with van der Waals surface area (Å²) in [5.74, 6) is -60.2. The van der Waals surface area contributed by atoms with Crippen molar-refractivity contribution in [3.8, 4) is 0 Å². The van der Waals surface area contributed by atoms with Gasteiger partial charge in [0, 0.05) is 19.6 Å². The minimum atomic E-state index is -8.60. The number of amides is 1. The van der Waals surface area contributed by atoms with E-state index in [1.807, 2.05) is 0 Å². The number of morpholine rings is 1. The van der Waals surface area contributed by atoms with Gasteiger partial charge in [0.25, 0.3) is 5.91 Å². The highest BCUT2D eigenvalue weighted by Gasteiger charge is 2.95. The Bertz CT molecular complexity index is 811. The predicted octanol–water partition coefficient (Wildman–Crippen LogP) is 5.10. The molecule has 0 unspecified atom stereocenters. The summed E-state index contributed by atoms with van der Waals surface area (Å²) in [6.45, 7) is 0.0693. The fourth-order valence-electron chi connectivity index (χ4n) is 2.75. The van der Waals surface area contributed by atoms with E-state index in [4.69, 9.17) is 4.74 Å². The number of hydrogen-bond donors (Lipinski definition) is 1. The van der Waals surface area contributed by atoms with Crippen LogP contribution in [-0.4, -0.2) is 97.0 Å². The molecule has 1 heterocycles. The summed E-state index contributed by atoms with van der Waals surface area (Å²) < 4.78 is 219. The van der Waals surface area contributed by atoms with Gasteiger partial charge in [0.2, 0.25) is 0 Å². The third kappa shape index (κ3) is 5.38. The zero-order valence-electron chi connectivity index (χ0n) is 17.6. The monoisotopic (exact) mass is 606 g/mol. The molecule has 0 aromatic heterocycles. The van der Waals surface area contributed by atoms with Crippen LogP contribution in [0.1, 0.15) is 6.42 Å². The number of carbonyl (C=O) groups excluding carboxylic acids is 1. The van der Waals surface area contributed by atoms with Gasteiger partial charge in [0.05, 0.1) is 13.2 Å². The van der Waals surface area contributed by atoms with Gasteiger partial charge in [-0.2, -0.15) is 70.2 Å². The topological polar surface area (TPSA) is 41.6 Å². The van der Waals surface area contributed by atoms with Gasteiger partial charge in [-0.15, -0.1) is 0 Å². The Morgan fingerprint density at radius 3 is 1.46 bits per heavy atom. The highest BCUT2D eigenvalue weighted by molar-refractivity contribution is 6.22. The molecule has 1 saturated heterocycles. The average molecular weight is 607 g/mol. The summed E-state index contributed by atoms with van der Waals surface area (Å²) in [7, 11) is 0. The van der Waals surface area contributed by atoms with Crippen LogP contribution in [0, 0.1) is 0 Å². The van der Waals surface area contributed by atoms with Crippen molar-refractivity contribution in [1.82, 2.24) is 10.2 Å². The lowest BCUT2D eigenvalue weighted by Crippen LogP contribution is -2.75. The second-order valence-electron chi connectivity index (χ2n) is 7.58. The standard InChI is InChI=1S/C16H15ClF16N2O2/c17-16(32,33)15(30,31)14(28,29)13(26,27)12(24,25)11(22,23)10(20,21)9(18,19)8(36)34-2-1-3-35-4-6-37-7-5-35/h1-7H2,(H,34,36). The number of nitrogens with zero attached hydrogens (tertiary/aromatic N) is 1. The number of alkyl halides is 17. The van der Waals surface area contributed by atoms with Gasteiger partial charge in [-0.05, 0) is 24.6 Å². The maximum Gasteiger partial charge on any atom is 0.393 e. The van der Waals surface area contributed by atoms with Crippen LogP contribution < -0.4 is 5.32 Å². The molecule has 0 atom stereocenters. The zero-order chi connectivity index (χ0) is 29.5. The number of rotatable bonds is 12. The van der Waals surface area contributed by atoms with Crippen molar-refractivity contribution in [2.75, 3.05) is 39.4 Å². The molecule has 1 fully saturated rings. The number of ether oxygens (including phenoxy) is 1. The minimum absolute atomic E-state index is 0.0133. The fraction of sp³-hybridized carbons (Fsp3) is 0.938. The van der Waals surface area contributed by atoms with Crippen LogP contribution >= 0.6 is 11.6 Å². The highest BCUT2D eigenvalue weighted by atomic mass is 35.5. The lowest BCUT2D eigenvalue weighted by atomic mass is 9.89. The van der Waals surface area contributed by atoms with Crippen LogP contribution in [0.3, 0.4) is 0 Å². The lowest BCUT2D eigenvalue weighted by Gasteiger charge is -2.42. The minimum Gasteiger partial charge on any atom is -0.379 e. The van der Waals surface area contributed by atoms with Crippen molar-refractivity contribution in [3.63, 3.8) is 0 Å². The van der Waals surface area contributed by atoms with E-state index >= 15 is 0 Å². The van der Waals surface area contributed by atoms with E-state index in [1.165, 1.54) is 0 Å². The Kier molecular flexibility index (Phi) is 9.32. The summed E-state index contributed by atoms with van der Waals surface area (Å²) >= 11 is 3.43. The van der Waals surface area contributed by atoms with Crippen molar-refractivity contribution in [2.24, 2.45) is 0 Å². The molecule has 0 saturated carbocycles. The van der Waals surface area contributed by atoms with Crippen molar-refractivity contribution < 1.29 is 79.8 Å². The number of carbonyl (C=O) groups is 1. The average Bonchev–Trinajstić information content (AvgIpc) is 2.75. The Labute approximate surface area is 201 Å². The molecule has 1 aliphatic heterocycles. The second-order valence-corrected chi connectivity index (χ2v) is 8.06. The van der Waals surface area contributed by atoms with Gasteiger partial charge in [0.15, 0.2) is 0 Å². The van der Waals surface area contributed by atoms with Crippen LogP contribution in [0.15, 0.2) is 0 Å². The van der Waals surface area contributed by atoms with Gasteiger partial charge in [-0.1, -0.05) is 0 Å². The van der Waals surface area contributed by atoms with Crippen LogP contribution in [0.25, 0.3) is 0 Å². The van der Waals surface area contributed by atoms with Gasteiger partial charge in [-0.3, -0.25) is 9.69 Å². The Morgan fingerprint density at radius 1 is 0.676 bits per heavy atom. The molecule has 0 bridgehead atoms. The highest BCUT2D eigenvalue weighted by Crippen LogP contribution is 2.64. The van der Waals surface area contributed by atoms with Crippen molar-refractivity contribution in [3.05, 3.63) is 0 Å². The summed E-state index contributed by atoms with van der Waals surface area (Å²) in [5, 5.41) is -5.92. The fourth-order valence-corrected chi connectivity index (χ4v) is 2.87. The molecule has 0 radical (unpaired) electrons. The molecule has 37 heavy (non-hydrogen) atoms. The molecular weight excluding hydrogens is 592 g/mol. The van der Waals surface area contributed by atoms with Gasteiger partial charge in [-0.25, -0.2) is 0 Å². The zero-order valence-corrected chi connectivity index (χ0v) is 18.4. The molecule has 0 aromatic rings. The summed E-state index contributed by atoms with van der Waals surface area (Å²) in [6, 6.07) is 0.